The van der Waals surface area contributed by atoms with Gasteiger partial charge in [0, 0.05) is 5.56 Å². The molecule has 0 bridgehead atoms. The van der Waals surface area contributed by atoms with Crippen LogP contribution in [0.3, 0.4) is 0 Å². The van der Waals surface area contributed by atoms with E-state index in [1.165, 1.54) is 0 Å². The van der Waals surface area contributed by atoms with Gasteiger partial charge in [-0.05, 0) is 74.7 Å². The highest BCUT2D eigenvalue weighted by Crippen LogP contribution is 2.34. The molecule has 166 valence electrons. The maximum Gasteiger partial charge on any atom is 0.414 e. The first-order chi connectivity index (χ1) is 15.2. The summed E-state index contributed by atoms with van der Waals surface area (Å²) in [7, 11) is 0. The van der Waals surface area contributed by atoms with Gasteiger partial charge < -0.3 is 14.6 Å². The molecule has 2 amide bonds. The van der Waals surface area contributed by atoms with Crippen LogP contribution in [0.15, 0.2) is 42.0 Å². The maximum atomic E-state index is 11.9. The molecule has 9 heteroatoms. The molecule has 0 atom stereocenters. The van der Waals surface area contributed by atoms with Crippen molar-refractivity contribution in [2.75, 3.05) is 12.0 Å². The predicted molar refractivity (Wildman–Crippen MR) is 121 cm³/mol. The summed E-state index contributed by atoms with van der Waals surface area (Å²) >= 11 is 0. The Morgan fingerprint density at radius 1 is 1.22 bits per heavy atom. The number of phenolic OH excluding ortho intramolecular Hbond substituents is 1. The second-order valence-corrected chi connectivity index (χ2v) is 6.86. The van der Waals surface area contributed by atoms with Crippen LogP contribution in [0.5, 0.6) is 17.2 Å². The first-order valence-electron chi connectivity index (χ1n) is 9.66. The third kappa shape index (κ3) is 6.09. The van der Waals surface area contributed by atoms with Crippen molar-refractivity contribution in [3.05, 3.63) is 53.6 Å². The number of alkyl carbamates (subject to hydrolysis) is 1. The van der Waals surface area contributed by atoms with E-state index in [2.05, 4.69) is 21.8 Å². The van der Waals surface area contributed by atoms with Crippen LogP contribution in [0.25, 0.3) is 5.57 Å². The molecule has 0 spiro atoms. The second kappa shape index (κ2) is 10.6. The van der Waals surface area contributed by atoms with E-state index in [0.717, 1.165) is 11.1 Å². The number of carbonyl (C=O) groups is 2. The van der Waals surface area contributed by atoms with Crippen molar-refractivity contribution < 1.29 is 24.2 Å². The van der Waals surface area contributed by atoms with E-state index in [0.29, 0.717) is 28.3 Å². The maximum absolute atomic E-state index is 11.9. The lowest BCUT2D eigenvalue weighted by molar-refractivity contribution is -0.114. The number of amides is 2. The zero-order chi connectivity index (χ0) is 23.8. The van der Waals surface area contributed by atoms with E-state index in [1.54, 1.807) is 50.2 Å². The van der Waals surface area contributed by atoms with E-state index >= 15 is 0 Å². The molecule has 0 aliphatic carbocycles. The smallest absolute Gasteiger partial charge is 0.414 e. The monoisotopic (exact) mass is 436 g/mol. The fraction of sp³-hybridized carbons (Fsp3) is 0.217. The Balaban J connectivity index is 2.20. The minimum atomic E-state index is -0.979. The van der Waals surface area contributed by atoms with Gasteiger partial charge in [0.05, 0.1) is 12.3 Å². The lowest BCUT2D eigenvalue weighted by atomic mass is 10.1. The molecule has 0 aliphatic heterocycles. The Bertz CT molecular complexity index is 1110. The Morgan fingerprint density at radius 3 is 2.44 bits per heavy atom. The Labute approximate surface area is 186 Å². The average Bonchev–Trinajstić information content (AvgIpc) is 2.72. The Hall–Kier alpha value is -4.32. The van der Waals surface area contributed by atoms with Gasteiger partial charge in [-0.3, -0.25) is 15.5 Å². The number of nitrogens with zero attached hydrogens (tertiary/aromatic N) is 2. The molecule has 0 aromatic heterocycles. The van der Waals surface area contributed by atoms with Gasteiger partial charge >= 0.3 is 6.09 Å². The number of nitrogens with one attached hydrogen (secondary N) is 2. The van der Waals surface area contributed by atoms with Crippen LogP contribution in [0.2, 0.25) is 0 Å². The molecule has 0 saturated heterocycles. The average molecular weight is 436 g/mol. The summed E-state index contributed by atoms with van der Waals surface area (Å²) in [4.78, 5) is 23.3. The molecule has 2 aromatic carbocycles. The third-order valence-corrected chi connectivity index (χ3v) is 4.22. The summed E-state index contributed by atoms with van der Waals surface area (Å²) in [6, 6.07) is 9.97. The number of ether oxygens (including phenoxy) is 2. The fourth-order valence-corrected chi connectivity index (χ4v) is 2.78. The minimum absolute atomic E-state index is 0.0853. The highest BCUT2D eigenvalue weighted by Gasteiger charge is 2.16. The van der Waals surface area contributed by atoms with Gasteiger partial charge in [0.2, 0.25) is 5.71 Å². The van der Waals surface area contributed by atoms with E-state index in [9.17, 15) is 14.7 Å². The summed E-state index contributed by atoms with van der Waals surface area (Å²) in [5.41, 5.74) is 5.45. The van der Waals surface area contributed by atoms with Gasteiger partial charge in [0.25, 0.3) is 5.91 Å². The van der Waals surface area contributed by atoms with Gasteiger partial charge in [-0.2, -0.15) is 10.4 Å². The normalized spacial score (nSPS) is 10.7. The summed E-state index contributed by atoms with van der Waals surface area (Å²) in [5.74, 6) is 0.287. The number of nitriles is 1. The largest absolute Gasteiger partial charge is 0.507 e. The van der Waals surface area contributed by atoms with E-state index in [4.69, 9.17) is 10.00 Å². The molecule has 0 unspecified atom stereocenters. The number of hydrazone groups is 1. The molecular formula is C23H24N4O5. The number of aromatic hydroxyl groups is 1. The number of hydrogen-bond donors (Lipinski definition) is 3. The molecule has 3 N–H and O–H groups in total. The standard InChI is InChI=1S/C23H24N4O5/c1-6-31-23(30)25-22(29)19(12-24)27-26-16-9-14(4)21(15(5)10-16)32-17-7-8-20(28)18(11-17)13(2)3/h7-11,26,28H,2,6H2,1,3-5H3,(H,25,29,30). The van der Waals surface area contributed by atoms with Crippen LogP contribution < -0.4 is 15.5 Å². The number of benzene rings is 2. The molecule has 0 saturated carbocycles. The van der Waals surface area contributed by atoms with Crippen LogP contribution in [0, 0.1) is 25.2 Å². The van der Waals surface area contributed by atoms with Gasteiger partial charge in [-0.25, -0.2) is 4.79 Å². The van der Waals surface area contributed by atoms with Crippen molar-refractivity contribution in [3.63, 3.8) is 0 Å². The van der Waals surface area contributed by atoms with Gasteiger partial charge in [-0.1, -0.05) is 6.58 Å². The van der Waals surface area contributed by atoms with Crippen LogP contribution in [-0.2, 0) is 9.53 Å². The van der Waals surface area contributed by atoms with E-state index in [-0.39, 0.29) is 12.4 Å². The molecular weight excluding hydrogens is 412 g/mol. The molecule has 0 radical (unpaired) electrons. The van der Waals surface area contributed by atoms with Crippen molar-refractivity contribution in [2.24, 2.45) is 5.10 Å². The molecule has 2 rings (SSSR count). The zero-order valence-corrected chi connectivity index (χ0v) is 18.3. The zero-order valence-electron chi connectivity index (χ0n) is 18.3. The predicted octanol–water partition coefficient (Wildman–Crippen LogP) is 4.40. The number of aryl methyl sites for hydroxylation is 2. The number of rotatable bonds is 7. The van der Waals surface area contributed by atoms with Crippen molar-refractivity contribution in [1.29, 1.82) is 5.26 Å². The summed E-state index contributed by atoms with van der Waals surface area (Å²) < 4.78 is 10.6. The van der Waals surface area contributed by atoms with Crippen molar-refractivity contribution in [1.82, 2.24) is 5.32 Å². The summed E-state index contributed by atoms with van der Waals surface area (Å²) in [5, 5.41) is 24.8. The van der Waals surface area contributed by atoms with Crippen molar-refractivity contribution in [2.45, 2.75) is 27.7 Å². The molecule has 0 heterocycles. The van der Waals surface area contributed by atoms with Crippen LogP contribution >= 0.6 is 0 Å². The molecule has 0 aliphatic rings. The number of allylic oxidation sites excluding steroid dienone is 1. The number of anilines is 1. The lowest BCUT2D eigenvalue weighted by Crippen LogP contribution is -2.36. The van der Waals surface area contributed by atoms with Gasteiger partial charge in [0.15, 0.2) is 0 Å². The van der Waals surface area contributed by atoms with Crippen LogP contribution in [0.4, 0.5) is 10.5 Å². The minimum Gasteiger partial charge on any atom is -0.507 e. The molecule has 32 heavy (non-hydrogen) atoms. The van der Waals surface area contributed by atoms with Crippen LogP contribution in [0.1, 0.15) is 30.5 Å². The summed E-state index contributed by atoms with van der Waals surface area (Å²) in [6.07, 6.45) is -0.960. The van der Waals surface area contributed by atoms with Gasteiger partial charge in [0.1, 0.15) is 23.3 Å². The summed E-state index contributed by atoms with van der Waals surface area (Å²) in [6.45, 7) is 11.0. The molecule has 2 aromatic rings. The van der Waals surface area contributed by atoms with Crippen molar-refractivity contribution in [3.8, 4) is 23.3 Å². The first kappa shape index (κ1) is 24.0. The Kier molecular flexibility index (Phi) is 7.96. The highest BCUT2D eigenvalue weighted by molar-refractivity contribution is 6.46. The number of carbonyl (C=O) groups excluding carboxylic acids is 2. The second-order valence-electron chi connectivity index (χ2n) is 6.86. The quantitative estimate of drug-likeness (QED) is 0.433. The Morgan fingerprint density at radius 2 is 1.88 bits per heavy atom. The third-order valence-electron chi connectivity index (χ3n) is 4.22. The molecule has 0 fully saturated rings. The van der Waals surface area contributed by atoms with E-state index in [1.807, 2.05) is 19.2 Å². The molecule has 9 nitrogen and oxygen atoms in total. The first-order valence-corrected chi connectivity index (χ1v) is 9.66. The lowest BCUT2D eigenvalue weighted by Gasteiger charge is -2.15. The van der Waals surface area contributed by atoms with Crippen LogP contribution in [-0.4, -0.2) is 29.4 Å². The van der Waals surface area contributed by atoms with E-state index < -0.39 is 17.7 Å². The highest BCUT2D eigenvalue weighted by atomic mass is 16.5. The number of hydrogen-bond acceptors (Lipinski definition) is 8. The fourth-order valence-electron chi connectivity index (χ4n) is 2.78. The SMILES string of the molecule is C=C(C)c1cc(Oc2c(C)cc(NN=C(C#N)C(=O)NC(=O)OCC)cc2C)ccc1O. The van der Waals surface area contributed by atoms with Crippen molar-refractivity contribution >= 4 is 29.0 Å². The number of imide groups is 1. The number of phenols is 1. The van der Waals surface area contributed by atoms with Gasteiger partial charge in [-0.15, -0.1) is 0 Å². The topological polar surface area (TPSA) is 133 Å².